The van der Waals surface area contributed by atoms with Crippen LogP contribution in [0, 0.1) is 0 Å². The van der Waals surface area contributed by atoms with Gasteiger partial charge < -0.3 is 15.4 Å². The van der Waals surface area contributed by atoms with Crippen molar-refractivity contribution in [2.45, 2.75) is 18.2 Å². The third kappa shape index (κ3) is 7.14. The molecule has 0 atom stereocenters. The molecule has 0 aromatic heterocycles. The predicted molar refractivity (Wildman–Crippen MR) is 115 cm³/mol. The van der Waals surface area contributed by atoms with Crippen LogP contribution in [0.25, 0.3) is 0 Å². The SMILES string of the molecule is CCN(CCC(=O)Nc1cccc(S(N)(=O)=O)c1)CC(=O)Nc1ccccc1OC. The maximum absolute atomic E-state index is 12.3. The lowest BCUT2D eigenvalue weighted by molar-refractivity contribution is -0.119. The molecule has 9 nitrogen and oxygen atoms in total. The Bertz CT molecular complexity index is 994. The number of likely N-dealkylation sites (N-methyl/N-ethyl adjacent to an activating group) is 1. The summed E-state index contributed by atoms with van der Waals surface area (Å²) in [4.78, 5) is 26.3. The van der Waals surface area contributed by atoms with Crippen LogP contribution < -0.4 is 20.5 Å². The zero-order valence-electron chi connectivity index (χ0n) is 16.9. The van der Waals surface area contributed by atoms with Gasteiger partial charge in [-0.1, -0.05) is 25.1 Å². The Hall–Kier alpha value is -2.95. The Labute approximate surface area is 176 Å². The summed E-state index contributed by atoms with van der Waals surface area (Å²) in [5.41, 5.74) is 0.914. The van der Waals surface area contributed by atoms with Crippen molar-refractivity contribution in [3.63, 3.8) is 0 Å². The van der Waals surface area contributed by atoms with Gasteiger partial charge in [0.2, 0.25) is 21.8 Å². The first kappa shape index (κ1) is 23.3. The highest BCUT2D eigenvalue weighted by Crippen LogP contribution is 2.22. The van der Waals surface area contributed by atoms with Gasteiger partial charge in [0.15, 0.2) is 0 Å². The number of benzene rings is 2. The molecule has 0 saturated carbocycles. The summed E-state index contributed by atoms with van der Waals surface area (Å²) in [5.74, 6) is 0.0442. The first-order chi connectivity index (χ1) is 14.2. The third-order valence-corrected chi connectivity index (χ3v) is 5.21. The average Bonchev–Trinajstić information content (AvgIpc) is 2.71. The van der Waals surface area contributed by atoms with E-state index in [0.717, 1.165) is 0 Å². The number of hydrogen-bond acceptors (Lipinski definition) is 6. The van der Waals surface area contributed by atoms with E-state index < -0.39 is 10.0 Å². The second-order valence-electron chi connectivity index (χ2n) is 6.49. The Morgan fingerprint density at radius 2 is 1.80 bits per heavy atom. The molecule has 2 rings (SSSR count). The predicted octanol–water partition coefficient (Wildman–Crippen LogP) is 1.63. The highest BCUT2D eigenvalue weighted by atomic mass is 32.2. The van der Waals surface area contributed by atoms with Crippen LogP contribution in [0.15, 0.2) is 53.4 Å². The molecular formula is C20H26N4O5S. The van der Waals surface area contributed by atoms with Crippen molar-refractivity contribution < 1.29 is 22.7 Å². The Balaban J connectivity index is 1.87. The lowest BCUT2D eigenvalue weighted by atomic mass is 10.2. The van der Waals surface area contributed by atoms with Gasteiger partial charge in [-0.2, -0.15) is 0 Å². The summed E-state index contributed by atoms with van der Waals surface area (Å²) in [7, 11) is -2.32. The molecular weight excluding hydrogens is 408 g/mol. The van der Waals surface area contributed by atoms with Gasteiger partial charge in [0.25, 0.3) is 0 Å². The molecule has 10 heteroatoms. The van der Waals surface area contributed by atoms with Gasteiger partial charge in [-0.25, -0.2) is 13.6 Å². The number of nitrogens with zero attached hydrogens (tertiary/aromatic N) is 1. The van der Waals surface area contributed by atoms with Gasteiger partial charge in [-0.15, -0.1) is 0 Å². The van der Waals surface area contributed by atoms with E-state index in [1.165, 1.54) is 25.3 Å². The van der Waals surface area contributed by atoms with E-state index in [-0.39, 0.29) is 29.7 Å². The van der Waals surface area contributed by atoms with E-state index in [4.69, 9.17) is 9.88 Å². The van der Waals surface area contributed by atoms with E-state index in [2.05, 4.69) is 10.6 Å². The van der Waals surface area contributed by atoms with Crippen LogP contribution in [0.2, 0.25) is 0 Å². The molecule has 30 heavy (non-hydrogen) atoms. The van der Waals surface area contributed by atoms with Crippen molar-refractivity contribution in [2.24, 2.45) is 5.14 Å². The van der Waals surface area contributed by atoms with Gasteiger partial charge in [-0.05, 0) is 36.9 Å². The molecule has 162 valence electrons. The lowest BCUT2D eigenvalue weighted by Crippen LogP contribution is -2.35. The molecule has 2 aromatic rings. The number of hydrogen-bond donors (Lipinski definition) is 3. The number of primary sulfonamides is 1. The van der Waals surface area contributed by atoms with Gasteiger partial charge in [-0.3, -0.25) is 14.5 Å². The van der Waals surface area contributed by atoms with Crippen molar-refractivity contribution in [2.75, 3.05) is 37.4 Å². The van der Waals surface area contributed by atoms with Crippen molar-refractivity contribution in [3.8, 4) is 5.75 Å². The number of ether oxygens (including phenoxy) is 1. The third-order valence-electron chi connectivity index (χ3n) is 4.30. The van der Waals surface area contributed by atoms with E-state index >= 15 is 0 Å². The summed E-state index contributed by atoms with van der Waals surface area (Å²) < 4.78 is 28.0. The summed E-state index contributed by atoms with van der Waals surface area (Å²) in [6.45, 7) is 2.94. The smallest absolute Gasteiger partial charge is 0.238 e. The molecule has 0 saturated heterocycles. The minimum absolute atomic E-state index is 0.0801. The zero-order chi connectivity index (χ0) is 22.1. The molecule has 2 aromatic carbocycles. The number of rotatable bonds is 10. The topological polar surface area (TPSA) is 131 Å². The number of carbonyl (C=O) groups excluding carboxylic acids is 2. The van der Waals surface area contributed by atoms with Gasteiger partial charge >= 0.3 is 0 Å². The molecule has 0 radical (unpaired) electrons. The Morgan fingerprint density at radius 1 is 1.07 bits per heavy atom. The standard InChI is InChI=1S/C20H26N4O5S/c1-3-24(14-20(26)23-17-9-4-5-10-18(17)29-2)12-11-19(25)22-15-7-6-8-16(13-15)30(21,27)28/h4-10,13H,3,11-12,14H2,1-2H3,(H,22,25)(H,23,26)(H2,21,27,28). The number of anilines is 2. The van der Waals surface area contributed by atoms with Crippen LogP contribution >= 0.6 is 0 Å². The number of nitrogens with two attached hydrogens (primary N) is 1. The zero-order valence-corrected chi connectivity index (χ0v) is 17.7. The minimum Gasteiger partial charge on any atom is -0.495 e. The van der Waals surface area contributed by atoms with Crippen molar-refractivity contribution in [1.29, 1.82) is 0 Å². The maximum atomic E-state index is 12.3. The molecule has 4 N–H and O–H groups in total. The largest absolute Gasteiger partial charge is 0.495 e. The summed E-state index contributed by atoms with van der Waals surface area (Å²) in [6.07, 6.45) is 0.134. The molecule has 0 spiro atoms. The molecule has 0 aliphatic carbocycles. The van der Waals surface area contributed by atoms with Crippen LogP contribution in [0.1, 0.15) is 13.3 Å². The number of para-hydroxylation sites is 2. The number of nitrogens with one attached hydrogen (secondary N) is 2. The number of methoxy groups -OCH3 is 1. The fraction of sp³-hybridized carbons (Fsp3) is 0.300. The summed E-state index contributed by atoms with van der Waals surface area (Å²) in [5, 5.41) is 10.5. The minimum atomic E-state index is -3.85. The van der Waals surface area contributed by atoms with E-state index in [9.17, 15) is 18.0 Å². The fourth-order valence-corrected chi connectivity index (χ4v) is 3.28. The lowest BCUT2D eigenvalue weighted by Gasteiger charge is -2.20. The second-order valence-corrected chi connectivity index (χ2v) is 8.05. The van der Waals surface area contributed by atoms with Gasteiger partial charge in [0.05, 0.1) is 24.2 Å². The van der Waals surface area contributed by atoms with Gasteiger partial charge in [0.1, 0.15) is 5.75 Å². The summed E-state index contributed by atoms with van der Waals surface area (Å²) in [6, 6.07) is 12.8. The Morgan fingerprint density at radius 3 is 2.47 bits per heavy atom. The molecule has 0 fully saturated rings. The number of carbonyl (C=O) groups is 2. The van der Waals surface area contributed by atoms with Gasteiger partial charge in [0, 0.05) is 18.7 Å². The van der Waals surface area contributed by atoms with Crippen molar-refractivity contribution in [1.82, 2.24) is 4.90 Å². The average molecular weight is 435 g/mol. The fourth-order valence-electron chi connectivity index (χ4n) is 2.72. The first-order valence-electron chi connectivity index (χ1n) is 9.31. The first-order valence-corrected chi connectivity index (χ1v) is 10.9. The van der Waals surface area contributed by atoms with E-state index in [1.54, 1.807) is 24.3 Å². The van der Waals surface area contributed by atoms with Crippen LogP contribution in [-0.2, 0) is 19.6 Å². The highest BCUT2D eigenvalue weighted by Gasteiger charge is 2.14. The molecule has 2 amide bonds. The second kappa shape index (κ2) is 10.7. The number of amides is 2. The Kier molecular flexibility index (Phi) is 8.34. The molecule has 0 aliphatic rings. The molecule has 0 bridgehead atoms. The van der Waals surface area contributed by atoms with E-state index in [0.29, 0.717) is 30.2 Å². The number of sulfonamides is 1. The maximum Gasteiger partial charge on any atom is 0.238 e. The van der Waals surface area contributed by atoms with Crippen molar-refractivity contribution >= 4 is 33.2 Å². The molecule has 0 unspecified atom stereocenters. The normalized spacial score (nSPS) is 11.2. The van der Waals surface area contributed by atoms with Crippen molar-refractivity contribution in [3.05, 3.63) is 48.5 Å². The van der Waals surface area contributed by atoms with E-state index in [1.807, 2.05) is 17.9 Å². The van der Waals surface area contributed by atoms with Crippen LogP contribution in [0.3, 0.4) is 0 Å². The highest BCUT2D eigenvalue weighted by molar-refractivity contribution is 7.89. The van der Waals surface area contributed by atoms with Crippen LogP contribution in [0.4, 0.5) is 11.4 Å². The van der Waals surface area contributed by atoms with Crippen LogP contribution in [-0.4, -0.2) is 51.9 Å². The quantitative estimate of drug-likeness (QED) is 0.521. The van der Waals surface area contributed by atoms with Crippen LogP contribution in [0.5, 0.6) is 5.75 Å². The monoisotopic (exact) mass is 434 g/mol. The molecule has 0 aliphatic heterocycles. The summed E-state index contributed by atoms with van der Waals surface area (Å²) >= 11 is 0. The molecule has 0 heterocycles.